The normalized spacial score (nSPS) is 19.6. The van der Waals surface area contributed by atoms with E-state index in [1.807, 2.05) is 31.5 Å². The highest BCUT2D eigenvalue weighted by atomic mass is 16.6. The maximum Gasteiger partial charge on any atom is 0.407 e. The van der Waals surface area contributed by atoms with Gasteiger partial charge in [-0.3, -0.25) is 4.68 Å². The fraction of sp³-hybridized carbons (Fsp3) is 0.667. The Kier molecular flexibility index (Phi) is 3.09. The summed E-state index contributed by atoms with van der Waals surface area (Å²) in [5.74, 6) is 0. The highest BCUT2D eigenvalue weighted by Crippen LogP contribution is 2.14. The number of amides is 1. The highest BCUT2D eigenvalue weighted by molar-refractivity contribution is 5.68. The number of nitrogens with zero attached hydrogens (tertiary/aromatic N) is 2. The highest BCUT2D eigenvalue weighted by Gasteiger charge is 2.23. The Labute approximate surface area is 101 Å². The van der Waals surface area contributed by atoms with E-state index in [0.29, 0.717) is 0 Å². The number of hydrogen-bond acceptors (Lipinski definition) is 3. The molecule has 0 saturated carbocycles. The fourth-order valence-corrected chi connectivity index (χ4v) is 1.96. The molecule has 0 spiro atoms. The summed E-state index contributed by atoms with van der Waals surface area (Å²) < 4.78 is 7.22. The summed E-state index contributed by atoms with van der Waals surface area (Å²) in [5, 5.41) is 7.11. The minimum absolute atomic E-state index is 0.147. The lowest BCUT2D eigenvalue weighted by Gasteiger charge is -2.26. The van der Waals surface area contributed by atoms with Crippen LogP contribution in [0.4, 0.5) is 4.79 Å². The Morgan fingerprint density at radius 3 is 3.06 bits per heavy atom. The first kappa shape index (κ1) is 12.0. The summed E-state index contributed by atoms with van der Waals surface area (Å²) in [6.45, 7) is 6.44. The van der Waals surface area contributed by atoms with Crippen molar-refractivity contribution in [2.75, 3.05) is 0 Å². The largest absolute Gasteiger partial charge is 0.444 e. The van der Waals surface area contributed by atoms with E-state index in [1.165, 1.54) is 0 Å². The lowest BCUT2D eigenvalue weighted by Crippen LogP contribution is -2.42. The van der Waals surface area contributed by atoms with Crippen molar-refractivity contribution in [2.45, 2.75) is 51.8 Å². The SMILES string of the molecule is CC(C)(C)OC(=O)NC1CCn2nccc2C1. The topological polar surface area (TPSA) is 56.1 Å². The zero-order valence-corrected chi connectivity index (χ0v) is 10.6. The smallest absolute Gasteiger partial charge is 0.407 e. The first-order valence-electron chi connectivity index (χ1n) is 5.94. The first-order valence-corrected chi connectivity index (χ1v) is 5.94. The third-order valence-corrected chi connectivity index (χ3v) is 2.67. The Morgan fingerprint density at radius 2 is 2.35 bits per heavy atom. The van der Waals surface area contributed by atoms with Gasteiger partial charge in [-0.05, 0) is 33.3 Å². The van der Waals surface area contributed by atoms with Gasteiger partial charge < -0.3 is 10.1 Å². The average Bonchev–Trinajstić information content (AvgIpc) is 2.61. The average molecular weight is 237 g/mol. The molecule has 1 aromatic rings. The maximum absolute atomic E-state index is 11.6. The number of rotatable bonds is 1. The number of carbonyl (C=O) groups excluding carboxylic acids is 1. The minimum atomic E-state index is -0.444. The molecule has 0 fully saturated rings. The molecule has 5 nitrogen and oxygen atoms in total. The molecule has 0 aliphatic carbocycles. The monoisotopic (exact) mass is 237 g/mol. The summed E-state index contributed by atoms with van der Waals surface area (Å²) >= 11 is 0. The van der Waals surface area contributed by atoms with Gasteiger partial charge in [0.2, 0.25) is 0 Å². The summed E-state index contributed by atoms with van der Waals surface area (Å²) in [6, 6.07) is 2.14. The number of alkyl carbamates (subject to hydrolysis) is 1. The van der Waals surface area contributed by atoms with Gasteiger partial charge in [0.1, 0.15) is 5.60 Å². The van der Waals surface area contributed by atoms with Gasteiger partial charge in [-0.2, -0.15) is 5.10 Å². The van der Waals surface area contributed by atoms with Crippen LogP contribution in [0.2, 0.25) is 0 Å². The Bertz CT molecular complexity index is 406. The number of nitrogens with one attached hydrogen (secondary N) is 1. The number of aryl methyl sites for hydroxylation is 1. The van der Waals surface area contributed by atoms with E-state index in [-0.39, 0.29) is 12.1 Å². The molecule has 17 heavy (non-hydrogen) atoms. The van der Waals surface area contributed by atoms with E-state index in [2.05, 4.69) is 10.4 Å². The van der Waals surface area contributed by atoms with Crippen molar-refractivity contribution in [3.63, 3.8) is 0 Å². The quantitative estimate of drug-likeness (QED) is 0.809. The molecular weight excluding hydrogens is 218 g/mol. The molecule has 5 heteroatoms. The van der Waals surface area contributed by atoms with Gasteiger partial charge in [0.15, 0.2) is 0 Å². The predicted octanol–water partition coefficient (Wildman–Crippen LogP) is 1.72. The summed E-state index contributed by atoms with van der Waals surface area (Å²) in [6.07, 6.45) is 3.17. The molecule has 1 aliphatic rings. The second-order valence-corrected chi connectivity index (χ2v) is 5.38. The van der Waals surface area contributed by atoms with E-state index >= 15 is 0 Å². The van der Waals surface area contributed by atoms with Gasteiger partial charge in [0.25, 0.3) is 0 Å². The van der Waals surface area contributed by atoms with Crippen LogP contribution in [-0.2, 0) is 17.7 Å². The molecule has 1 aromatic heterocycles. The molecule has 1 N–H and O–H groups in total. The number of hydrogen-bond donors (Lipinski definition) is 1. The predicted molar refractivity (Wildman–Crippen MR) is 63.7 cm³/mol. The van der Waals surface area contributed by atoms with Gasteiger partial charge in [-0.25, -0.2) is 4.79 Å². The van der Waals surface area contributed by atoms with Crippen molar-refractivity contribution in [3.8, 4) is 0 Å². The van der Waals surface area contributed by atoms with Crippen molar-refractivity contribution in [1.82, 2.24) is 15.1 Å². The van der Waals surface area contributed by atoms with Crippen molar-refractivity contribution in [2.24, 2.45) is 0 Å². The van der Waals surface area contributed by atoms with Gasteiger partial charge >= 0.3 is 6.09 Å². The van der Waals surface area contributed by atoms with Crippen LogP contribution < -0.4 is 5.32 Å². The number of carbonyl (C=O) groups is 1. The third-order valence-electron chi connectivity index (χ3n) is 2.67. The van der Waals surface area contributed by atoms with Crippen LogP contribution in [0.25, 0.3) is 0 Å². The number of ether oxygens (including phenoxy) is 1. The zero-order chi connectivity index (χ0) is 12.5. The maximum atomic E-state index is 11.6. The van der Waals surface area contributed by atoms with Gasteiger partial charge in [-0.15, -0.1) is 0 Å². The van der Waals surface area contributed by atoms with Crippen LogP contribution in [-0.4, -0.2) is 27.5 Å². The number of fused-ring (bicyclic) bond motifs is 1. The van der Waals surface area contributed by atoms with Crippen LogP contribution in [0.1, 0.15) is 32.9 Å². The molecule has 0 aromatic carbocycles. The van der Waals surface area contributed by atoms with Crippen molar-refractivity contribution < 1.29 is 9.53 Å². The first-order chi connectivity index (χ1) is 7.94. The van der Waals surface area contributed by atoms with Crippen LogP contribution in [0.3, 0.4) is 0 Å². The number of aromatic nitrogens is 2. The van der Waals surface area contributed by atoms with Gasteiger partial charge in [0.05, 0.1) is 0 Å². The molecule has 0 radical (unpaired) electrons. The zero-order valence-electron chi connectivity index (χ0n) is 10.6. The fourth-order valence-electron chi connectivity index (χ4n) is 1.96. The molecule has 2 heterocycles. The molecule has 1 atom stereocenters. The van der Waals surface area contributed by atoms with Gasteiger partial charge in [0, 0.05) is 30.9 Å². The Hall–Kier alpha value is -1.52. The molecule has 1 aliphatic heterocycles. The Balaban J connectivity index is 1.88. The van der Waals surface area contributed by atoms with Crippen molar-refractivity contribution in [1.29, 1.82) is 0 Å². The molecular formula is C12H19N3O2. The van der Waals surface area contributed by atoms with Crippen LogP contribution in [0, 0.1) is 0 Å². The molecule has 0 saturated heterocycles. The summed E-state index contributed by atoms with van der Waals surface area (Å²) in [5.41, 5.74) is 0.720. The third kappa shape index (κ3) is 3.22. The van der Waals surface area contributed by atoms with E-state index in [4.69, 9.17) is 4.74 Å². The van der Waals surface area contributed by atoms with Gasteiger partial charge in [-0.1, -0.05) is 0 Å². The molecule has 0 bridgehead atoms. The molecule has 94 valence electrons. The van der Waals surface area contributed by atoms with E-state index in [0.717, 1.165) is 25.1 Å². The second kappa shape index (κ2) is 4.39. The van der Waals surface area contributed by atoms with Crippen molar-refractivity contribution in [3.05, 3.63) is 18.0 Å². The van der Waals surface area contributed by atoms with E-state index < -0.39 is 5.60 Å². The van der Waals surface area contributed by atoms with E-state index in [1.54, 1.807) is 6.20 Å². The second-order valence-electron chi connectivity index (χ2n) is 5.38. The Morgan fingerprint density at radius 1 is 1.59 bits per heavy atom. The van der Waals surface area contributed by atoms with Crippen LogP contribution >= 0.6 is 0 Å². The standard InChI is InChI=1S/C12H19N3O2/c1-12(2,3)17-11(16)14-9-5-7-15-10(8-9)4-6-13-15/h4,6,9H,5,7-8H2,1-3H3,(H,14,16). The molecule has 1 amide bonds. The molecule has 1 unspecified atom stereocenters. The van der Waals surface area contributed by atoms with Crippen LogP contribution in [0.15, 0.2) is 12.3 Å². The lowest BCUT2D eigenvalue weighted by atomic mass is 10.0. The lowest BCUT2D eigenvalue weighted by molar-refractivity contribution is 0.0496. The summed E-state index contributed by atoms with van der Waals surface area (Å²) in [4.78, 5) is 11.6. The molecule has 2 rings (SSSR count). The summed E-state index contributed by atoms with van der Waals surface area (Å²) in [7, 11) is 0. The van der Waals surface area contributed by atoms with Crippen molar-refractivity contribution >= 4 is 6.09 Å². The minimum Gasteiger partial charge on any atom is -0.444 e. The van der Waals surface area contributed by atoms with E-state index in [9.17, 15) is 4.79 Å². The van der Waals surface area contributed by atoms with Crippen LogP contribution in [0.5, 0.6) is 0 Å².